The van der Waals surface area contributed by atoms with Crippen molar-refractivity contribution < 1.29 is 4.74 Å². The summed E-state index contributed by atoms with van der Waals surface area (Å²) in [6, 6.07) is 23.6. The van der Waals surface area contributed by atoms with Gasteiger partial charge < -0.3 is 10.1 Å². The summed E-state index contributed by atoms with van der Waals surface area (Å²) < 4.78 is 5.85. The van der Waals surface area contributed by atoms with Gasteiger partial charge in [-0.3, -0.25) is 0 Å². The smallest absolute Gasteiger partial charge is 0.120 e. The second kappa shape index (κ2) is 8.09. The quantitative estimate of drug-likeness (QED) is 0.568. The van der Waals surface area contributed by atoms with Gasteiger partial charge in [0.15, 0.2) is 0 Å². The Morgan fingerprint density at radius 1 is 0.792 bits per heavy atom. The molecule has 0 saturated carbocycles. The number of rotatable bonds is 6. The molecule has 0 atom stereocenters. The van der Waals surface area contributed by atoms with Gasteiger partial charge in [0.2, 0.25) is 0 Å². The van der Waals surface area contributed by atoms with Crippen LogP contribution in [-0.2, 0) is 13.2 Å². The number of halogens is 2. The fourth-order valence-electron chi connectivity index (χ4n) is 2.32. The lowest BCUT2D eigenvalue weighted by molar-refractivity contribution is 0.306. The summed E-state index contributed by atoms with van der Waals surface area (Å²) in [5, 5.41) is 4.55. The average Bonchev–Trinajstić information content (AvgIpc) is 2.60. The van der Waals surface area contributed by atoms with Crippen molar-refractivity contribution in [2.75, 3.05) is 5.32 Å². The SMILES string of the molecule is Clc1ccc(NCc2cccc(OCc3ccccc3)c2)c(Cl)c1. The van der Waals surface area contributed by atoms with Crippen LogP contribution in [0.25, 0.3) is 0 Å². The molecule has 3 aromatic rings. The van der Waals surface area contributed by atoms with Crippen molar-refractivity contribution in [1.82, 2.24) is 0 Å². The van der Waals surface area contributed by atoms with Crippen molar-refractivity contribution in [2.45, 2.75) is 13.2 Å². The molecular weight excluding hydrogens is 341 g/mol. The molecule has 0 amide bonds. The van der Waals surface area contributed by atoms with Crippen LogP contribution in [0.2, 0.25) is 10.0 Å². The van der Waals surface area contributed by atoms with Crippen LogP contribution in [0, 0.1) is 0 Å². The Morgan fingerprint density at radius 2 is 1.58 bits per heavy atom. The van der Waals surface area contributed by atoms with Crippen LogP contribution in [-0.4, -0.2) is 0 Å². The minimum Gasteiger partial charge on any atom is -0.489 e. The largest absolute Gasteiger partial charge is 0.489 e. The van der Waals surface area contributed by atoms with Gasteiger partial charge in [-0.15, -0.1) is 0 Å². The van der Waals surface area contributed by atoms with E-state index in [4.69, 9.17) is 27.9 Å². The third-order valence-electron chi connectivity index (χ3n) is 3.56. The van der Waals surface area contributed by atoms with Crippen LogP contribution in [0.4, 0.5) is 5.69 Å². The Labute approximate surface area is 152 Å². The van der Waals surface area contributed by atoms with Crippen LogP contribution in [0.5, 0.6) is 5.75 Å². The maximum absolute atomic E-state index is 6.17. The molecule has 0 unspecified atom stereocenters. The van der Waals surface area contributed by atoms with Crippen molar-refractivity contribution in [1.29, 1.82) is 0 Å². The highest BCUT2D eigenvalue weighted by Crippen LogP contribution is 2.26. The fourth-order valence-corrected chi connectivity index (χ4v) is 2.79. The maximum atomic E-state index is 6.17. The van der Waals surface area contributed by atoms with Crippen LogP contribution in [0.1, 0.15) is 11.1 Å². The second-order valence-corrected chi connectivity index (χ2v) is 6.24. The highest BCUT2D eigenvalue weighted by Gasteiger charge is 2.02. The predicted octanol–water partition coefficient (Wildman–Crippen LogP) is 6.18. The molecule has 0 fully saturated rings. The molecule has 0 aliphatic carbocycles. The zero-order chi connectivity index (χ0) is 16.8. The van der Waals surface area contributed by atoms with E-state index in [1.807, 2.05) is 66.7 Å². The summed E-state index contributed by atoms with van der Waals surface area (Å²) in [7, 11) is 0. The Kier molecular flexibility index (Phi) is 5.63. The summed E-state index contributed by atoms with van der Waals surface area (Å²) in [5.74, 6) is 0.848. The third kappa shape index (κ3) is 4.67. The normalized spacial score (nSPS) is 10.4. The van der Waals surface area contributed by atoms with Crippen molar-refractivity contribution in [2.24, 2.45) is 0 Å². The minimum absolute atomic E-state index is 0.556. The zero-order valence-corrected chi connectivity index (χ0v) is 14.5. The molecule has 0 saturated heterocycles. The Balaban J connectivity index is 1.60. The summed E-state index contributed by atoms with van der Waals surface area (Å²) in [6.45, 7) is 1.21. The second-order valence-electron chi connectivity index (χ2n) is 5.40. The van der Waals surface area contributed by atoms with Crippen molar-refractivity contribution >= 4 is 28.9 Å². The first-order chi connectivity index (χ1) is 11.7. The van der Waals surface area contributed by atoms with E-state index in [0.29, 0.717) is 23.2 Å². The van der Waals surface area contributed by atoms with Crippen LogP contribution in [0.15, 0.2) is 72.8 Å². The van der Waals surface area contributed by atoms with E-state index in [1.54, 1.807) is 6.07 Å². The predicted molar refractivity (Wildman–Crippen MR) is 101 cm³/mol. The van der Waals surface area contributed by atoms with Crippen molar-refractivity contribution in [3.05, 3.63) is 94.0 Å². The molecule has 1 N–H and O–H groups in total. The van der Waals surface area contributed by atoms with E-state index in [-0.39, 0.29) is 0 Å². The number of nitrogens with one attached hydrogen (secondary N) is 1. The molecule has 3 aromatic carbocycles. The molecule has 0 aliphatic heterocycles. The standard InChI is InChI=1S/C20H17Cl2NO/c21-17-9-10-20(19(22)12-17)23-13-16-7-4-8-18(11-16)24-14-15-5-2-1-3-6-15/h1-12,23H,13-14H2. The third-order valence-corrected chi connectivity index (χ3v) is 4.11. The summed E-state index contributed by atoms with van der Waals surface area (Å²) >= 11 is 12.1. The topological polar surface area (TPSA) is 21.3 Å². The lowest BCUT2D eigenvalue weighted by atomic mass is 10.2. The Hall–Kier alpha value is -2.16. The van der Waals surface area contributed by atoms with Gasteiger partial charge in [0.05, 0.1) is 10.7 Å². The number of ether oxygens (including phenoxy) is 1. The first kappa shape index (κ1) is 16.7. The molecule has 3 rings (SSSR count). The van der Waals surface area contributed by atoms with Gasteiger partial charge in [0.1, 0.15) is 12.4 Å². The van der Waals surface area contributed by atoms with Gasteiger partial charge in [0.25, 0.3) is 0 Å². The molecule has 0 aliphatic rings. The van der Waals surface area contributed by atoms with E-state index < -0.39 is 0 Å². The number of hydrogen-bond donors (Lipinski definition) is 1. The van der Waals surface area contributed by atoms with Gasteiger partial charge in [-0.25, -0.2) is 0 Å². The van der Waals surface area contributed by atoms with Crippen LogP contribution >= 0.6 is 23.2 Å². The number of hydrogen-bond acceptors (Lipinski definition) is 2. The lowest BCUT2D eigenvalue weighted by Gasteiger charge is -2.11. The van der Waals surface area contributed by atoms with Crippen molar-refractivity contribution in [3.8, 4) is 5.75 Å². The summed E-state index contributed by atoms with van der Waals surface area (Å²) in [4.78, 5) is 0. The van der Waals surface area contributed by atoms with Gasteiger partial charge in [-0.2, -0.15) is 0 Å². The maximum Gasteiger partial charge on any atom is 0.120 e. The van der Waals surface area contributed by atoms with Gasteiger partial charge in [-0.1, -0.05) is 65.7 Å². The van der Waals surface area contributed by atoms with E-state index in [1.165, 1.54) is 0 Å². The van der Waals surface area contributed by atoms with Crippen LogP contribution in [0.3, 0.4) is 0 Å². The molecule has 4 heteroatoms. The Bertz CT molecular complexity index is 806. The zero-order valence-electron chi connectivity index (χ0n) is 13.0. The highest BCUT2D eigenvalue weighted by atomic mass is 35.5. The fraction of sp³-hybridized carbons (Fsp3) is 0.100. The summed E-state index contributed by atoms with van der Waals surface area (Å²) in [5.41, 5.74) is 3.12. The highest BCUT2D eigenvalue weighted by molar-refractivity contribution is 6.36. The number of benzene rings is 3. The van der Waals surface area contributed by atoms with Gasteiger partial charge in [0, 0.05) is 11.6 Å². The first-order valence-corrected chi connectivity index (χ1v) is 8.41. The monoisotopic (exact) mass is 357 g/mol. The van der Waals surface area contributed by atoms with Gasteiger partial charge in [-0.05, 0) is 41.5 Å². The van der Waals surface area contributed by atoms with E-state index in [9.17, 15) is 0 Å². The van der Waals surface area contributed by atoms with E-state index in [0.717, 1.165) is 22.6 Å². The lowest BCUT2D eigenvalue weighted by Crippen LogP contribution is -2.01. The minimum atomic E-state index is 0.556. The molecule has 0 bridgehead atoms. The van der Waals surface area contributed by atoms with E-state index in [2.05, 4.69) is 5.32 Å². The summed E-state index contributed by atoms with van der Waals surface area (Å²) in [6.07, 6.45) is 0. The molecule has 0 aromatic heterocycles. The molecule has 0 radical (unpaired) electrons. The molecule has 0 heterocycles. The van der Waals surface area contributed by atoms with Gasteiger partial charge >= 0.3 is 0 Å². The molecule has 2 nitrogen and oxygen atoms in total. The molecule has 24 heavy (non-hydrogen) atoms. The van der Waals surface area contributed by atoms with E-state index >= 15 is 0 Å². The Morgan fingerprint density at radius 3 is 2.38 bits per heavy atom. The molecule has 0 spiro atoms. The van der Waals surface area contributed by atoms with Crippen molar-refractivity contribution in [3.63, 3.8) is 0 Å². The first-order valence-electron chi connectivity index (χ1n) is 7.65. The molecule has 122 valence electrons. The van der Waals surface area contributed by atoms with Crippen LogP contribution < -0.4 is 10.1 Å². The molecular formula is C20H17Cl2NO. The number of anilines is 1. The average molecular weight is 358 g/mol.